The van der Waals surface area contributed by atoms with E-state index in [2.05, 4.69) is 116 Å². The monoisotopic (exact) mass is 642 g/mol. The molecule has 6 atom stereocenters. The Hall–Kier alpha value is -2.14. The molecule has 14 rings (SSSR count). The van der Waals surface area contributed by atoms with Crippen molar-refractivity contribution in [3.63, 3.8) is 0 Å². The normalized spacial score (nSPS) is 56.6. The van der Waals surface area contributed by atoms with Gasteiger partial charge in [-0.25, -0.2) is 0 Å². The Morgan fingerprint density at radius 3 is 1.44 bits per heavy atom. The van der Waals surface area contributed by atoms with Crippen molar-refractivity contribution in [1.82, 2.24) is 0 Å². The zero-order valence-electron chi connectivity index (χ0n) is 24.7. The topological polar surface area (TPSA) is 18.5 Å². The third-order valence-corrected chi connectivity index (χ3v) is 74.3. The quantitative estimate of drug-likeness (QED) is 0.135. The third kappa shape index (κ3) is 0.640. The zero-order valence-corrected chi connectivity index (χ0v) is 27.5. The van der Waals surface area contributed by atoms with E-state index in [9.17, 15) is 0 Å². The number of hydrogen-bond donors (Lipinski definition) is 0. The van der Waals surface area contributed by atoms with Gasteiger partial charge in [0.2, 0.25) is 0 Å². The van der Waals surface area contributed by atoms with Crippen molar-refractivity contribution in [2.24, 2.45) is 0 Å². The van der Waals surface area contributed by atoms with Gasteiger partial charge in [-0.15, -0.1) is 0 Å². The fourth-order valence-electron chi connectivity index (χ4n) is 22.5. The molecule has 4 aromatic carbocycles. The average molecular weight is 642 g/mol. The van der Waals surface area contributed by atoms with Crippen molar-refractivity contribution >= 4 is 37.1 Å². The van der Waals surface area contributed by atoms with Crippen molar-refractivity contribution in [3.05, 3.63) is 109 Å². The summed E-state index contributed by atoms with van der Waals surface area (Å²) in [6.07, 6.45) is 0. The Morgan fingerprint density at radius 1 is 0.581 bits per heavy atom. The SMILES string of the molecule is COc1ccccc1P(c1ccccc1OC)C(C)[C]12[CH]3[CH]4[CH]5[C]1(P(c1ccccc1)c1ccccc1)[Fe]43521678[CH]2[CH]1[CH]6[CH]7[CH]28. The van der Waals surface area contributed by atoms with Crippen LogP contribution in [0.25, 0.3) is 0 Å². The van der Waals surface area contributed by atoms with Gasteiger partial charge in [0.15, 0.2) is 0 Å². The van der Waals surface area contributed by atoms with Crippen LogP contribution in [0.1, 0.15) is 6.92 Å². The Balaban J connectivity index is 1.09. The molecule has 6 unspecified atom stereocenters. The number of methoxy groups -OCH3 is 2. The van der Waals surface area contributed by atoms with Gasteiger partial charge < -0.3 is 0 Å². The molecule has 0 saturated carbocycles. The van der Waals surface area contributed by atoms with E-state index in [1.807, 2.05) is 14.2 Å². The van der Waals surface area contributed by atoms with E-state index in [1.165, 1.54) is 49.1 Å². The molecule has 5 heteroatoms. The van der Waals surface area contributed by atoms with Crippen LogP contribution in [0.2, 0.25) is 42.8 Å². The van der Waals surface area contributed by atoms with Crippen LogP contribution in [0.4, 0.5) is 0 Å². The molecule has 10 aliphatic rings. The van der Waals surface area contributed by atoms with Gasteiger partial charge in [-0.3, -0.25) is 0 Å². The number of ether oxygens (including phenoxy) is 2. The molecule has 0 aliphatic carbocycles. The molecule has 0 radical (unpaired) electrons. The predicted molar refractivity (Wildman–Crippen MR) is 176 cm³/mol. The zero-order chi connectivity index (χ0) is 28.3. The maximum absolute atomic E-state index is 6.17. The van der Waals surface area contributed by atoms with Crippen LogP contribution in [0.5, 0.6) is 11.5 Å². The molecule has 0 aromatic heterocycles. The first-order chi connectivity index (χ1) is 20.9. The first-order valence-corrected chi connectivity index (χ1v) is 25.0. The van der Waals surface area contributed by atoms with E-state index in [1.54, 1.807) is 10.6 Å². The summed E-state index contributed by atoms with van der Waals surface area (Å²) >= 11 is 0. The summed E-state index contributed by atoms with van der Waals surface area (Å²) in [5.41, 5.74) is 0.663. The minimum atomic E-state index is -3.95. The van der Waals surface area contributed by atoms with Crippen molar-refractivity contribution < 1.29 is 16.0 Å². The summed E-state index contributed by atoms with van der Waals surface area (Å²) in [6.45, 7) is -1.18. The van der Waals surface area contributed by atoms with Crippen molar-refractivity contribution in [2.45, 2.75) is 59.5 Å². The van der Waals surface area contributed by atoms with Gasteiger partial charge in [-0.1, -0.05) is 0 Å². The summed E-state index contributed by atoms with van der Waals surface area (Å²) in [4.78, 5) is 9.75. The van der Waals surface area contributed by atoms with Crippen LogP contribution in [-0.2, 0) is 6.51 Å². The van der Waals surface area contributed by atoms with Crippen LogP contribution in [0.3, 0.4) is 0 Å². The first kappa shape index (κ1) is 22.4. The second-order valence-electron chi connectivity index (χ2n) is 17.2. The molecule has 0 bridgehead atoms. The number of benzene rings is 4. The van der Waals surface area contributed by atoms with Gasteiger partial charge in [0.1, 0.15) is 0 Å². The molecule has 0 N–H and O–H groups in total. The van der Waals surface area contributed by atoms with Crippen molar-refractivity contribution in [1.29, 1.82) is 0 Å². The Morgan fingerprint density at radius 2 is 1.02 bits per heavy atom. The molecule has 10 fully saturated rings. The van der Waals surface area contributed by atoms with E-state index in [0.717, 1.165) is 11.5 Å². The first-order valence-electron chi connectivity index (χ1n) is 16.1. The summed E-state index contributed by atoms with van der Waals surface area (Å²) in [6, 6.07) is 42.0. The molecule has 1 spiro atoms. The molecule has 218 valence electrons. The predicted octanol–water partition coefficient (Wildman–Crippen LogP) is 8.33. The Labute approximate surface area is 246 Å². The fraction of sp³-hybridized carbons (Fsp3) is 0.368. The number of hydrogen-bond acceptors (Lipinski definition) is 2. The summed E-state index contributed by atoms with van der Waals surface area (Å²) in [5, 5.41) is 6.24. The molecule has 43 heavy (non-hydrogen) atoms. The summed E-state index contributed by atoms with van der Waals surface area (Å²) in [7, 11) is 2.68. The second-order valence-corrected chi connectivity index (χ2v) is 45.7. The van der Waals surface area contributed by atoms with E-state index in [4.69, 9.17) is 9.47 Å². The van der Waals surface area contributed by atoms with E-state index < -0.39 is 14.4 Å². The van der Waals surface area contributed by atoms with Gasteiger partial charge >= 0.3 is 247 Å². The van der Waals surface area contributed by atoms with Crippen molar-refractivity contribution in [2.75, 3.05) is 14.2 Å². The number of para-hydroxylation sites is 2. The Bertz CT molecular complexity index is 2260. The summed E-state index contributed by atoms with van der Waals surface area (Å²) in [5.74, 6) is 2.14. The standard InChI is InChI=1S/C33H31O2P2.C5H5.Fe/c1-25(36(32-22-12-10-20-29(32)34-2)33-23-13-11-21-30(33)35-3)28-19-14-24-31(28)37(26-15-6-4-7-16-26)27-17-8-5-9-18-27;1-2-4-5-3-1;/h4-25H,1-3H3;1-5H;. The summed E-state index contributed by atoms with van der Waals surface area (Å²) < 4.78 is 13.6. The molecule has 10 saturated heterocycles. The molecule has 0 amide bonds. The minimum absolute atomic E-state index is 0.387. The molecular weight excluding hydrogens is 606 g/mol. The van der Waals surface area contributed by atoms with E-state index in [-0.39, 0.29) is 7.92 Å². The van der Waals surface area contributed by atoms with Gasteiger partial charge in [-0.2, -0.15) is 0 Å². The number of fused-ring (bicyclic) bond motifs is 10. The molecule has 10 aliphatic heterocycles. The average Bonchev–Trinajstić information content (AvgIpc) is 4.02. The molecule has 2 nitrogen and oxygen atoms in total. The fourth-order valence-corrected chi connectivity index (χ4v) is 120. The molecular formula is C38H36FeO2P2. The number of rotatable bonds is 9. The van der Waals surface area contributed by atoms with Crippen LogP contribution in [0.15, 0.2) is 109 Å². The molecule has 10 heterocycles. The second kappa shape index (κ2) is 3.80. The van der Waals surface area contributed by atoms with E-state index >= 15 is 0 Å². The van der Waals surface area contributed by atoms with E-state index in [0.29, 0.717) is 14.0 Å². The third-order valence-electron chi connectivity index (χ3n) is 20.9. The van der Waals surface area contributed by atoms with Gasteiger partial charge in [0, 0.05) is 0 Å². The van der Waals surface area contributed by atoms with Crippen LogP contribution in [-0.4, -0.2) is 23.9 Å². The molecule has 4 aromatic rings. The van der Waals surface area contributed by atoms with Crippen LogP contribution in [0, 0.1) is 0 Å². The maximum atomic E-state index is 6.17. The Kier molecular flexibility index (Phi) is 1.98. The van der Waals surface area contributed by atoms with Gasteiger partial charge in [-0.05, 0) is 0 Å². The van der Waals surface area contributed by atoms with Crippen molar-refractivity contribution in [3.8, 4) is 11.5 Å². The van der Waals surface area contributed by atoms with Crippen LogP contribution >= 0.6 is 15.8 Å². The van der Waals surface area contributed by atoms with Gasteiger partial charge in [0.05, 0.1) is 0 Å². The van der Waals surface area contributed by atoms with Gasteiger partial charge in [0.25, 0.3) is 0 Å². The van der Waals surface area contributed by atoms with Crippen LogP contribution < -0.4 is 30.7 Å².